The van der Waals surface area contributed by atoms with Gasteiger partial charge in [0.1, 0.15) is 6.04 Å². The molecule has 0 spiro atoms. The highest BCUT2D eigenvalue weighted by Gasteiger charge is 2.25. The maximum absolute atomic E-state index is 13.4. The standard InChI is InChI=1S/C34H50N2O6S/c1-24(2)16-18-42-23-28(20-26-11-6-5-7-12-26)36(4)22-27-14-15-30(31(21-27)29-13-9-8-10-25(29)3)33(37)35-32(34(38)39)17-19-43(40)41/h8-10,13-15,21,24,26,28,32H,5-7,11-12,16-20,22-23H2,1-4H3,(H,35,37)(H,38,39)(H,40,41). The number of hydrogen-bond acceptors (Lipinski definition) is 5. The Morgan fingerprint density at radius 1 is 1.07 bits per heavy atom. The van der Waals surface area contributed by atoms with E-state index in [1.54, 1.807) is 6.07 Å². The minimum absolute atomic E-state index is 0.144. The second-order valence-electron chi connectivity index (χ2n) is 12.4. The minimum atomic E-state index is -2.15. The number of benzene rings is 2. The van der Waals surface area contributed by atoms with Crippen LogP contribution in [-0.4, -0.2) is 68.7 Å². The topological polar surface area (TPSA) is 116 Å². The van der Waals surface area contributed by atoms with Crippen LogP contribution in [0.4, 0.5) is 0 Å². The number of hydrogen-bond donors (Lipinski definition) is 3. The molecule has 43 heavy (non-hydrogen) atoms. The predicted molar refractivity (Wildman–Crippen MR) is 172 cm³/mol. The number of carbonyl (C=O) groups is 2. The lowest BCUT2D eigenvalue weighted by molar-refractivity contribution is -0.139. The molecule has 1 saturated carbocycles. The summed E-state index contributed by atoms with van der Waals surface area (Å²) in [4.78, 5) is 27.6. The van der Waals surface area contributed by atoms with Crippen molar-refractivity contribution in [2.24, 2.45) is 11.8 Å². The molecular weight excluding hydrogens is 564 g/mol. The molecule has 2 aromatic rings. The van der Waals surface area contributed by atoms with Gasteiger partial charge in [0.15, 0.2) is 11.1 Å². The molecular formula is C34H50N2O6S. The summed E-state index contributed by atoms with van der Waals surface area (Å²) in [6, 6.07) is 12.6. The first-order chi connectivity index (χ1) is 20.5. The van der Waals surface area contributed by atoms with Crippen molar-refractivity contribution >= 4 is 23.0 Å². The Hall–Kier alpha value is -2.59. The summed E-state index contributed by atoms with van der Waals surface area (Å²) in [6.45, 7) is 8.56. The van der Waals surface area contributed by atoms with E-state index < -0.39 is 29.0 Å². The smallest absolute Gasteiger partial charge is 0.326 e. The first-order valence-corrected chi connectivity index (χ1v) is 16.9. The third-order valence-electron chi connectivity index (χ3n) is 8.48. The summed E-state index contributed by atoms with van der Waals surface area (Å²) in [5.74, 6) is -0.684. The highest BCUT2D eigenvalue weighted by atomic mass is 32.2. The molecule has 0 aromatic heterocycles. The highest BCUT2D eigenvalue weighted by Crippen LogP contribution is 2.31. The lowest BCUT2D eigenvalue weighted by Gasteiger charge is -2.33. The van der Waals surface area contributed by atoms with Gasteiger partial charge in [-0.2, -0.15) is 0 Å². The fraction of sp³-hybridized carbons (Fsp3) is 0.588. The van der Waals surface area contributed by atoms with Crippen molar-refractivity contribution in [1.82, 2.24) is 10.2 Å². The molecule has 0 aliphatic heterocycles. The number of likely N-dealkylation sites (N-methyl/N-ethyl adjacent to an activating group) is 1. The average Bonchev–Trinajstić information content (AvgIpc) is 2.97. The molecule has 1 fully saturated rings. The van der Waals surface area contributed by atoms with Gasteiger partial charge in [-0.05, 0) is 79.5 Å². The van der Waals surface area contributed by atoms with Crippen molar-refractivity contribution in [1.29, 1.82) is 0 Å². The molecule has 1 aliphatic rings. The van der Waals surface area contributed by atoms with E-state index >= 15 is 0 Å². The van der Waals surface area contributed by atoms with Gasteiger partial charge in [0.05, 0.1) is 12.4 Å². The number of amides is 1. The molecule has 0 radical (unpaired) electrons. The van der Waals surface area contributed by atoms with Crippen LogP contribution in [0, 0.1) is 18.8 Å². The molecule has 3 unspecified atom stereocenters. The Balaban J connectivity index is 1.85. The zero-order valence-corrected chi connectivity index (χ0v) is 27.0. The van der Waals surface area contributed by atoms with Gasteiger partial charge in [-0.3, -0.25) is 9.69 Å². The summed E-state index contributed by atoms with van der Waals surface area (Å²) in [7, 11) is 2.15. The maximum Gasteiger partial charge on any atom is 0.326 e. The molecule has 238 valence electrons. The van der Waals surface area contributed by atoms with E-state index in [0.29, 0.717) is 30.6 Å². The van der Waals surface area contributed by atoms with Crippen molar-refractivity contribution < 1.29 is 28.2 Å². The summed E-state index contributed by atoms with van der Waals surface area (Å²) in [6.07, 6.45) is 8.51. The predicted octanol–water partition coefficient (Wildman–Crippen LogP) is 6.29. The second kappa shape index (κ2) is 17.6. The summed E-state index contributed by atoms with van der Waals surface area (Å²) in [5.41, 5.74) is 4.05. The summed E-state index contributed by atoms with van der Waals surface area (Å²) < 4.78 is 26.4. The Morgan fingerprint density at radius 3 is 2.44 bits per heavy atom. The van der Waals surface area contributed by atoms with Crippen LogP contribution in [0.25, 0.3) is 11.1 Å². The molecule has 1 aliphatic carbocycles. The molecule has 1 amide bonds. The van der Waals surface area contributed by atoms with E-state index in [0.717, 1.165) is 41.7 Å². The Labute approximate surface area is 259 Å². The zero-order valence-electron chi connectivity index (χ0n) is 26.2. The number of nitrogens with one attached hydrogen (secondary N) is 1. The van der Waals surface area contributed by atoms with Crippen molar-refractivity contribution in [2.75, 3.05) is 26.0 Å². The maximum atomic E-state index is 13.4. The lowest BCUT2D eigenvalue weighted by atomic mass is 9.84. The van der Waals surface area contributed by atoms with Gasteiger partial charge in [-0.15, -0.1) is 0 Å². The van der Waals surface area contributed by atoms with Gasteiger partial charge in [-0.25, -0.2) is 9.00 Å². The van der Waals surface area contributed by atoms with Crippen LogP contribution in [0.5, 0.6) is 0 Å². The number of carboxylic acid groups (broad SMARTS) is 1. The minimum Gasteiger partial charge on any atom is -0.480 e. The van der Waals surface area contributed by atoms with Gasteiger partial charge >= 0.3 is 5.97 Å². The number of carbonyl (C=O) groups excluding carboxylic acids is 1. The molecule has 8 nitrogen and oxygen atoms in total. The fourth-order valence-electron chi connectivity index (χ4n) is 5.84. The zero-order chi connectivity index (χ0) is 31.4. The van der Waals surface area contributed by atoms with Gasteiger partial charge in [0.2, 0.25) is 0 Å². The van der Waals surface area contributed by atoms with E-state index in [9.17, 15) is 18.9 Å². The number of ether oxygens (including phenoxy) is 1. The molecule has 3 N–H and O–H groups in total. The number of aliphatic carboxylic acids is 1. The molecule has 2 aromatic carbocycles. The van der Waals surface area contributed by atoms with Crippen LogP contribution in [0.3, 0.4) is 0 Å². The normalized spacial score (nSPS) is 16.3. The van der Waals surface area contributed by atoms with Crippen molar-refractivity contribution in [3.05, 3.63) is 59.2 Å². The SMILES string of the molecule is Cc1ccccc1-c1cc(CN(C)C(COCCC(C)C)CC2CCCCC2)ccc1C(=O)NC(CCS(=O)O)C(=O)O. The number of rotatable bonds is 17. The van der Waals surface area contributed by atoms with Crippen LogP contribution in [0.1, 0.15) is 86.7 Å². The Bertz CT molecular complexity index is 1210. The quantitative estimate of drug-likeness (QED) is 0.142. The first-order valence-electron chi connectivity index (χ1n) is 15.6. The van der Waals surface area contributed by atoms with E-state index in [1.807, 2.05) is 43.3 Å². The Kier molecular flexibility index (Phi) is 14.3. The second-order valence-corrected chi connectivity index (χ2v) is 13.5. The average molecular weight is 615 g/mol. The molecule has 0 bridgehead atoms. The fourth-order valence-corrected chi connectivity index (χ4v) is 6.27. The number of nitrogens with zero attached hydrogens (tertiary/aromatic N) is 1. The van der Waals surface area contributed by atoms with Gasteiger partial charge in [-0.1, -0.05) is 76.3 Å². The van der Waals surface area contributed by atoms with Gasteiger partial charge in [0, 0.05) is 24.8 Å². The van der Waals surface area contributed by atoms with Crippen LogP contribution >= 0.6 is 0 Å². The van der Waals surface area contributed by atoms with Crippen molar-refractivity contribution in [2.45, 2.75) is 90.8 Å². The summed E-state index contributed by atoms with van der Waals surface area (Å²) >= 11 is -2.15. The van der Waals surface area contributed by atoms with E-state index in [-0.39, 0.29) is 18.2 Å². The Morgan fingerprint density at radius 2 is 1.79 bits per heavy atom. The van der Waals surface area contributed by atoms with E-state index in [4.69, 9.17) is 9.29 Å². The molecule has 9 heteroatoms. The van der Waals surface area contributed by atoms with Gasteiger partial charge in [0.25, 0.3) is 5.91 Å². The van der Waals surface area contributed by atoms with E-state index in [2.05, 4.69) is 31.1 Å². The van der Waals surface area contributed by atoms with Crippen LogP contribution in [0.2, 0.25) is 0 Å². The monoisotopic (exact) mass is 614 g/mol. The van der Waals surface area contributed by atoms with E-state index in [1.165, 1.54) is 32.1 Å². The molecule has 0 heterocycles. The molecule has 3 rings (SSSR count). The first kappa shape index (κ1) is 34.9. The van der Waals surface area contributed by atoms with Crippen LogP contribution < -0.4 is 5.32 Å². The van der Waals surface area contributed by atoms with Crippen LogP contribution in [-0.2, 0) is 27.2 Å². The van der Waals surface area contributed by atoms with Crippen molar-refractivity contribution in [3.63, 3.8) is 0 Å². The number of carboxylic acids is 1. The highest BCUT2D eigenvalue weighted by molar-refractivity contribution is 7.79. The van der Waals surface area contributed by atoms with Crippen LogP contribution in [0.15, 0.2) is 42.5 Å². The lowest BCUT2D eigenvalue weighted by Crippen LogP contribution is -2.41. The largest absolute Gasteiger partial charge is 0.480 e. The number of aryl methyl sites for hydroxylation is 1. The third-order valence-corrected chi connectivity index (χ3v) is 9.07. The third kappa shape index (κ3) is 11.4. The molecule has 3 atom stereocenters. The summed E-state index contributed by atoms with van der Waals surface area (Å²) in [5, 5.41) is 12.2. The van der Waals surface area contributed by atoms with Gasteiger partial charge < -0.3 is 19.7 Å². The van der Waals surface area contributed by atoms with Crippen molar-refractivity contribution in [3.8, 4) is 11.1 Å². The molecule has 0 saturated heterocycles.